The first kappa shape index (κ1) is 28.0. The van der Waals surface area contributed by atoms with E-state index in [1.54, 1.807) is 97.1 Å². The third kappa shape index (κ3) is 3.28. The fourth-order valence-electron chi connectivity index (χ4n) is 5.70. The summed E-state index contributed by atoms with van der Waals surface area (Å²) in [5.74, 6) is 0. The lowest BCUT2D eigenvalue weighted by Crippen LogP contribution is -2.81. The monoisotopic (exact) mass is 628 g/mol. The molecule has 8 heteroatoms. The Kier molecular flexibility index (Phi) is 7.04. The van der Waals surface area contributed by atoms with Gasteiger partial charge in [-0.15, -0.1) is 11.6 Å². The Morgan fingerprint density at radius 1 is 0.395 bits per heavy atom. The van der Waals surface area contributed by atoms with Gasteiger partial charge in [-0.05, 0) is 22.3 Å². The summed E-state index contributed by atoms with van der Waals surface area (Å²) >= 11 is 43.0. The average molecular weight is 631 g/mol. The van der Waals surface area contributed by atoms with Crippen molar-refractivity contribution in [3.63, 3.8) is 0 Å². The van der Waals surface area contributed by atoms with Gasteiger partial charge in [-0.25, -0.2) is 8.78 Å². The van der Waals surface area contributed by atoms with E-state index in [4.69, 9.17) is 69.6 Å². The molecule has 3 unspecified atom stereocenters. The highest BCUT2D eigenvalue weighted by molar-refractivity contribution is 6.65. The summed E-state index contributed by atoms with van der Waals surface area (Å²) in [5.41, 5.74) is -5.20. The van der Waals surface area contributed by atoms with E-state index in [0.29, 0.717) is 0 Å². The van der Waals surface area contributed by atoms with Crippen LogP contribution in [0.5, 0.6) is 0 Å². The van der Waals surface area contributed by atoms with Gasteiger partial charge in [-0.2, -0.15) is 0 Å². The van der Waals surface area contributed by atoms with Gasteiger partial charge in [0.15, 0.2) is 19.2 Å². The van der Waals surface area contributed by atoms with Crippen molar-refractivity contribution in [1.82, 2.24) is 0 Å². The van der Waals surface area contributed by atoms with Crippen LogP contribution in [-0.4, -0.2) is 13.8 Å². The van der Waals surface area contributed by atoms with Crippen LogP contribution >= 0.6 is 69.6 Å². The minimum absolute atomic E-state index is 0.00346. The molecule has 1 saturated carbocycles. The highest BCUT2D eigenvalue weighted by Gasteiger charge is 2.91. The number of hydrogen-bond donors (Lipinski definition) is 0. The molecule has 0 saturated heterocycles. The molecule has 0 N–H and O–H groups in total. The van der Waals surface area contributed by atoms with E-state index >= 15 is 8.78 Å². The maximum Gasteiger partial charge on any atom is 0.226 e. The molecule has 1 fully saturated rings. The highest BCUT2D eigenvalue weighted by atomic mass is 35.5. The van der Waals surface area contributed by atoms with Crippen LogP contribution in [0.25, 0.3) is 0 Å². The topological polar surface area (TPSA) is 0 Å². The second-order valence-corrected chi connectivity index (χ2v) is 13.0. The zero-order valence-electron chi connectivity index (χ0n) is 19.6. The Hall–Kier alpha value is -1.52. The van der Waals surface area contributed by atoms with Crippen LogP contribution in [0.3, 0.4) is 0 Å². The largest absolute Gasteiger partial charge is 0.233 e. The lowest BCUT2D eigenvalue weighted by atomic mass is 9.53. The Balaban J connectivity index is 2.04. The van der Waals surface area contributed by atoms with Gasteiger partial charge in [-0.1, -0.05) is 179 Å². The number of benzene rings is 4. The van der Waals surface area contributed by atoms with Crippen molar-refractivity contribution in [2.45, 2.75) is 29.8 Å². The molecule has 0 bridgehead atoms. The van der Waals surface area contributed by atoms with Gasteiger partial charge in [0.25, 0.3) is 0 Å². The molecular weight excluding hydrogens is 611 g/mol. The molecule has 1 aliphatic carbocycles. The summed E-state index contributed by atoms with van der Waals surface area (Å²) in [5, 5.41) is -3.28. The highest BCUT2D eigenvalue weighted by Crippen LogP contribution is 2.81. The van der Waals surface area contributed by atoms with Gasteiger partial charge in [0.2, 0.25) is 5.13 Å². The Labute approximate surface area is 250 Å². The second-order valence-electron chi connectivity index (χ2n) is 9.25. The molecule has 3 atom stereocenters. The van der Waals surface area contributed by atoms with Crippen molar-refractivity contribution >= 4 is 69.6 Å². The van der Waals surface area contributed by atoms with Gasteiger partial charge in [0.1, 0.15) is 5.41 Å². The van der Waals surface area contributed by atoms with Crippen LogP contribution < -0.4 is 0 Å². The lowest BCUT2D eigenvalue weighted by Gasteiger charge is -2.67. The average Bonchev–Trinajstić information content (AvgIpc) is 2.93. The summed E-state index contributed by atoms with van der Waals surface area (Å²) < 4.78 is 31.3. The summed E-state index contributed by atoms with van der Waals surface area (Å²) in [4.78, 5) is -2.77. The van der Waals surface area contributed by atoms with Gasteiger partial charge < -0.3 is 0 Å². The van der Waals surface area contributed by atoms with E-state index in [1.807, 2.05) is 0 Å². The van der Waals surface area contributed by atoms with Crippen LogP contribution in [0, 0.1) is 0 Å². The molecule has 0 aliphatic heterocycles. The predicted octanol–water partition coefficient (Wildman–Crippen LogP) is 10.2. The fraction of sp³-hybridized carbons (Fsp3) is 0.200. The van der Waals surface area contributed by atoms with E-state index in [0.717, 1.165) is 0 Å². The van der Waals surface area contributed by atoms with Crippen molar-refractivity contribution in [2.24, 2.45) is 0 Å². The summed E-state index contributed by atoms with van der Waals surface area (Å²) in [6.07, 6.45) is 0. The molecular formula is C30H20Cl6F2. The maximum absolute atomic E-state index is 18.4. The van der Waals surface area contributed by atoms with Gasteiger partial charge in [0.05, 0.1) is 0 Å². The molecule has 0 heterocycles. The van der Waals surface area contributed by atoms with E-state index in [2.05, 4.69) is 0 Å². The third-order valence-electron chi connectivity index (χ3n) is 7.43. The molecule has 0 amide bonds. The van der Waals surface area contributed by atoms with Crippen molar-refractivity contribution in [2.75, 3.05) is 0 Å². The first-order valence-corrected chi connectivity index (χ1v) is 13.9. The fourth-order valence-corrected chi connectivity index (χ4v) is 8.76. The molecule has 196 valence electrons. The van der Waals surface area contributed by atoms with Crippen LogP contribution in [0.1, 0.15) is 22.3 Å². The molecule has 38 heavy (non-hydrogen) atoms. The van der Waals surface area contributed by atoms with Gasteiger partial charge >= 0.3 is 0 Å². The zero-order chi connectivity index (χ0) is 27.5. The Morgan fingerprint density at radius 2 is 0.711 bits per heavy atom. The molecule has 4 aromatic carbocycles. The molecule has 0 spiro atoms. The van der Waals surface area contributed by atoms with Crippen LogP contribution in [0.4, 0.5) is 8.78 Å². The molecule has 5 rings (SSSR count). The quantitative estimate of drug-likeness (QED) is 0.197. The first-order chi connectivity index (χ1) is 17.9. The van der Waals surface area contributed by atoms with E-state index < -0.39 is 29.8 Å². The number of rotatable bonds is 4. The van der Waals surface area contributed by atoms with E-state index in [1.165, 1.54) is 24.3 Å². The van der Waals surface area contributed by atoms with Crippen molar-refractivity contribution in [1.29, 1.82) is 0 Å². The maximum atomic E-state index is 18.4. The minimum Gasteiger partial charge on any atom is -0.233 e. The summed E-state index contributed by atoms with van der Waals surface area (Å²) in [7, 11) is 0. The minimum atomic E-state index is -3.28. The van der Waals surface area contributed by atoms with Gasteiger partial charge in [0, 0.05) is 0 Å². The number of halogens is 8. The normalized spacial score (nSPS) is 29.5. The van der Waals surface area contributed by atoms with Crippen LogP contribution in [0.15, 0.2) is 121 Å². The Bertz CT molecular complexity index is 1380. The number of alkyl halides is 8. The van der Waals surface area contributed by atoms with E-state index in [9.17, 15) is 0 Å². The molecule has 0 nitrogen and oxygen atoms in total. The standard InChI is InChI=1S/C30H20Cl6F2/c31-26(23-17-9-3-10-18-23)27(37,24-19-11-4-12-20-24)29(34,35)28(32,33)25(30(26,36)38,21-13-5-1-6-14-21)22-15-7-2-8-16-22/h1-20H. The predicted molar refractivity (Wildman–Crippen MR) is 155 cm³/mol. The first-order valence-electron chi connectivity index (χ1n) is 11.7. The van der Waals surface area contributed by atoms with Crippen molar-refractivity contribution in [3.8, 4) is 0 Å². The van der Waals surface area contributed by atoms with Crippen LogP contribution in [0.2, 0.25) is 0 Å². The SMILES string of the molecule is FC1(Cl)C(Cl)(c2ccccc2)C(F)(c2ccccc2)C(Cl)(Cl)C(Cl)(Cl)C1(c1ccccc1)c1ccccc1. The van der Waals surface area contributed by atoms with E-state index in [-0.39, 0.29) is 22.3 Å². The zero-order valence-corrected chi connectivity index (χ0v) is 24.1. The summed E-state index contributed by atoms with van der Waals surface area (Å²) in [6.45, 7) is 0. The third-order valence-corrected chi connectivity index (χ3v) is 11.4. The van der Waals surface area contributed by atoms with Crippen LogP contribution in [-0.2, 0) is 16.0 Å². The summed E-state index contributed by atoms with van der Waals surface area (Å²) in [6, 6.07) is 31.8. The van der Waals surface area contributed by atoms with Crippen molar-refractivity contribution in [3.05, 3.63) is 144 Å². The van der Waals surface area contributed by atoms with Crippen molar-refractivity contribution < 1.29 is 8.78 Å². The Morgan fingerprint density at radius 3 is 1.08 bits per heavy atom. The number of hydrogen-bond acceptors (Lipinski definition) is 0. The van der Waals surface area contributed by atoms with Gasteiger partial charge in [-0.3, -0.25) is 0 Å². The molecule has 1 aliphatic rings. The molecule has 0 radical (unpaired) electrons. The second kappa shape index (κ2) is 9.54. The molecule has 4 aromatic rings. The molecule has 0 aromatic heterocycles. The lowest BCUT2D eigenvalue weighted by molar-refractivity contribution is -0.0720. The smallest absolute Gasteiger partial charge is 0.226 e.